The van der Waals surface area contributed by atoms with Crippen LogP contribution in [0.2, 0.25) is 0 Å². The third kappa shape index (κ3) is 1.63. The number of Topliss-reactive ketones (excluding diaryl/α,β-unsaturated/α-hetero) is 1. The van der Waals surface area contributed by atoms with Crippen molar-refractivity contribution in [2.45, 2.75) is 58.4 Å². The molecule has 0 aromatic heterocycles. The van der Waals surface area contributed by atoms with Gasteiger partial charge in [-0.1, -0.05) is 25.0 Å². The lowest BCUT2D eigenvalue weighted by atomic mass is 9.45. The molecule has 5 heteroatoms. The quantitative estimate of drug-likeness (QED) is 0.301. The summed E-state index contributed by atoms with van der Waals surface area (Å²) in [6.07, 6.45) is 5.40. The Kier molecular flexibility index (Phi) is 3.21. The Morgan fingerprint density at radius 3 is 2.71 bits per heavy atom. The molecule has 2 heterocycles. The van der Waals surface area contributed by atoms with Crippen LogP contribution in [0.3, 0.4) is 0 Å². The number of ketones is 1. The molecule has 0 N–H and O–H groups in total. The lowest BCUT2D eigenvalue weighted by Gasteiger charge is -2.62. The number of rotatable bonds is 1. The van der Waals surface area contributed by atoms with Gasteiger partial charge in [-0.25, -0.2) is 0 Å². The Morgan fingerprint density at radius 1 is 1.21 bits per heavy atom. The third-order valence-corrected chi connectivity index (χ3v) is 10.4. The molecule has 5 nitrogen and oxygen atoms in total. The molecule has 28 heavy (non-hydrogen) atoms. The maximum Gasteiger partial charge on any atom is 0.309 e. The van der Waals surface area contributed by atoms with Crippen molar-refractivity contribution in [1.82, 2.24) is 0 Å². The minimum atomic E-state index is -0.587. The van der Waals surface area contributed by atoms with Crippen LogP contribution in [0.1, 0.15) is 52.4 Å². The lowest BCUT2D eigenvalue weighted by molar-refractivity contribution is -0.908. The minimum absolute atomic E-state index is 0.0125. The second-order valence-corrected chi connectivity index (χ2v) is 10.9. The second-order valence-electron chi connectivity index (χ2n) is 10.9. The SMILES string of the molecule is COC(=O)[C@@H]1C[C@]23C(=O)[C@@H]4C[C@@H]5[C@@]2(C)[C@H](CCC2=C3[C@@H]1CC2)C[N@@+]5([O-])C[C@H]4C. The molecule has 1 spiro atoms. The predicted octanol–water partition coefficient (Wildman–Crippen LogP) is 3.22. The number of fused-ring (bicyclic) bond motifs is 1. The molecule has 6 rings (SSSR count). The van der Waals surface area contributed by atoms with Gasteiger partial charge in [-0.15, -0.1) is 0 Å². The smallest absolute Gasteiger partial charge is 0.309 e. The maximum atomic E-state index is 14.3. The van der Waals surface area contributed by atoms with Crippen LogP contribution in [0.15, 0.2) is 11.1 Å². The summed E-state index contributed by atoms with van der Waals surface area (Å²) in [5.74, 6) is 0.588. The van der Waals surface area contributed by atoms with Crippen LogP contribution < -0.4 is 0 Å². The maximum absolute atomic E-state index is 14.3. The number of hydrogen-bond acceptors (Lipinski definition) is 4. The van der Waals surface area contributed by atoms with Crippen molar-refractivity contribution >= 4 is 11.8 Å². The summed E-state index contributed by atoms with van der Waals surface area (Å²) in [6, 6.07) is 0.0147. The minimum Gasteiger partial charge on any atom is -0.633 e. The van der Waals surface area contributed by atoms with Gasteiger partial charge in [0.15, 0.2) is 0 Å². The molecule has 0 aromatic carbocycles. The van der Waals surface area contributed by atoms with Gasteiger partial charge in [-0.2, -0.15) is 0 Å². The molecule has 2 saturated heterocycles. The van der Waals surface area contributed by atoms with Gasteiger partial charge >= 0.3 is 5.97 Å². The van der Waals surface area contributed by atoms with Gasteiger partial charge in [0.05, 0.1) is 37.6 Å². The number of ether oxygens (including phenoxy) is 1. The number of carbonyl (C=O) groups is 2. The largest absolute Gasteiger partial charge is 0.633 e. The van der Waals surface area contributed by atoms with Gasteiger partial charge in [-0.05, 0) is 38.0 Å². The molecule has 0 amide bonds. The topological polar surface area (TPSA) is 66.4 Å². The number of hydrogen-bond donors (Lipinski definition) is 0. The monoisotopic (exact) mass is 385 g/mol. The molecular formula is C23H31NO4. The zero-order chi connectivity index (χ0) is 19.6. The molecule has 2 aliphatic heterocycles. The summed E-state index contributed by atoms with van der Waals surface area (Å²) in [6.45, 7) is 5.65. The summed E-state index contributed by atoms with van der Waals surface area (Å²) >= 11 is 0. The van der Waals surface area contributed by atoms with Gasteiger partial charge in [0.25, 0.3) is 0 Å². The average Bonchev–Trinajstić information content (AvgIpc) is 3.26. The molecule has 2 bridgehead atoms. The van der Waals surface area contributed by atoms with E-state index < -0.39 is 5.41 Å². The first-order valence-electron chi connectivity index (χ1n) is 11.2. The molecule has 0 aromatic rings. The summed E-state index contributed by atoms with van der Waals surface area (Å²) in [7, 11) is 1.47. The van der Waals surface area contributed by atoms with Crippen LogP contribution in [0.5, 0.6) is 0 Å². The van der Waals surface area contributed by atoms with E-state index >= 15 is 0 Å². The molecule has 152 valence electrons. The fraction of sp³-hybridized carbons (Fsp3) is 0.826. The molecule has 4 aliphatic carbocycles. The molecule has 2 saturated carbocycles. The summed E-state index contributed by atoms with van der Waals surface area (Å²) < 4.78 is 5.11. The molecule has 9 atom stereocenters. The zero-order valence-corrected chi connectivity index (χ0v) is 17.2. The number of methoxy groups -OCH3 is 1. The van der Waals surface area contributed by atoms with Crippen molar-refractivity contribution in [3.05, 3.63) is 16.4 Å². The van der Waals surface area contributed by atoms with Crippen LogP contribution in [0.25, 0.3) is 0 Å². The standard InChI is InChI=1S/C23H31NO4/c1-12-10-24(27)11-14-6-4-13-5-7-15-17(21(26)28-3)9-23(19(13)15)20(25)16(12)8-18(24)22(14,23)2/h12,14-18H,4-11H2,1-3H3/t12-,14-,15-,16-,17-,18-,22-,23+,24+/m1/s1. The van der Waals surface area contributed by atoms with Crippen molar-refractivity contribution in [3.8, 4) is 0 Å². The van der Waals surface area contributed by atoms with E-state index in [1.165, 1.54) is 18.3 Å². The normalized spacial score (nSPS) is 55.9. The van der Waals surface area contributed by atoms with E-state index in [4.69, 9.17) is 4.74 Å². The van der Waals surface area contributed by atoms with Gasteiger partial charge in [0.1, 0.15) is 5.78 Å². The van der Waals surface area contributed by atoms with E-state index in [0.717, 1.165) is 32.1 Å². The van der Waals surface area contributed by atoms with Gasteiger partial charge < -0.3 is 14.6 Å². The van der Waals surface area contributed by atoms with E-state index in [9.17, 15) is 14.8 Å². The van der Waals surface area contributed by atoms with Crippen molar-refractivity contribution in [1.29, 1.82) is 0 Å². The van der Waals surface area contributed by atoms with Crippen LogP contribution in [0, 0.1) is 45.6 Å². The summed E-state index contributed by atoms with van der Waals surface area (Å²) in [5, 5.41) is 14.0. The highest BCUT2D eigenvalue weighted by molar-refractivity contribution is 5.95. The predicted molar refractivity (Wildman–Crippen MR) is 103 cm³/mol. The van der Waals surface area contributed by atoms with E-state index in [0.29, 0.717) is 25.3 Å². The van der Waals surface area contributed by atoms with Gasteiger partial charge in [-0.3, -0.25) is 9.59 Å². The fourth-order valence-electron chi connectivity index (χ4n) is 9.37. The first-order chi connectivity index (χ1) is 13.3. The van der Waals surface area contributed by atoms with Crippen LogP contribution in [-0.4, -0.2) is 42.6 Å². The van der Waals surface area contributed by atoms with Crippen LogP contribution >= 0.6 is 0 Å². The highest BCUT2D eigenvalue weighted by atomic mass is 16.6. The van der Waals surface area contributed by atoms with E-state index in [2.05, 4.69) is 13.8 Å². The third-order valence-electron chi connectivity index (χ3n) is 10.4. The Bertz CT molecular complexity index is 834. The Hall–Kier alpha value is -1.20. The number of quaternary nitrogens is 1. The Morgan fingerprint density at radius 2 is 1.96 bits per heavy atom. The Labute approximate surface area is 166 Å². The Balaban J connectivity index is 1.63. The summed E-state index contributed by atoms with van der Waals surface area (Å²) in [5.41, 5.74) is 1.88. The number of nitrogens with zero attached hydrogens (tertiary/aromatic N) is 1. The van der Waals surface area contributed by atoms with Crippen molar-refractivity contribution in [2.75, 3.05) is 20.2 Å². The molecule has 4 fully saturated rings. The molecule has 0 radical (unpaired) electrons. The van der Waals surface area contributed by atoms with E-state index in [-0.39, 0.29) is 51.7 Å². The van der Waals surface area contributed by atoms with Gasteiger partial charge in [0, 0.05) is 29.6 Å². The second kappa shape index (κ2) is 5.10. The first kappa shape index (κ1) is 17.6. The van der Waals surface area contributed by atoms with Crippen molar-refractivity contribution in [2.24, 2.45) is 40.4 Å². The number of hydroxylamine groups is 3. The lowest BCUT2D eigenvalue weighted by Crippen LogP contribution is -2.68. The fourth-order valence-corrected chi connectivity index (χ4v) is 9.37. The van der Waals surface area contributed by atoms with E-state index in [1.807, 2.05) is 0 Å². The molecule has 0 unspecified atom stereocenters. The average molecular weight is 386 g/mol. The van der Waals surface area contributed by atoms with Gasteiger partial charge in [0.2, 0.25) is 0 Å². The summed E-state index contributed by atoms with van der Waals surface area (Å²) in [4.78, 5) is 27.0. The first-order valence-corrected chi connectivity index (χ1v) is 11.2. The number of carbonyl (C=O) groups excluding carboxylic acids is 2. The van der Waals surface area contributed by atoms with Crippen molar-refractivity contribution in [3.63, 3.8) is 0 Å². The molecular weight excluding hydrogens is 354 g/mol. The van der Waals surface area contributed by atoms with Crippen LogP contribution in [0.4, 0.5) is 0 Å². The molecule has 6 aliphatic rings. The van der Waals surface area contributed by atoms with Crippen molar-refractivity contribution < 1.29 is 19.0 Å². The van der Waals surface area contributed by atoms with E-state index in [1.54, 1.807) is 0 Å². The number of piperidine rings is 1. The van der Waals surface area contributed by atoms with Crippen LogP contribution in [-0.2, 0) is 14.3 Å². The number of esters is 1. The highest BCUT2D eigenvalue weighted by Crippen LogP contribution is 2.76. The highest BCUT2D eigenvalue weighted by Gasteiger charge is 2.79. The number of allylic oxidation sites excluding steroid dienone is 2. The zero-order valence-electron chi connectivity index (χ0n) is 17.2.